The molecule has 2 unspecified atom stereocenters. The molecule has 17 heavy (non-hydrogen) atoms. The van der Waals surface area contributed by atoms with E-state index < -0.39 is 0 Å². The Hall–Kier alpha value is -0.610. The molecule has 1 rings (SSSR count). The van der Waals surface area contributed by atoms with Crippen molar-refractivity contribution in [3.63, 3.8) is 0 Å². The van der Waals surface area contributed by atoms with Crippen LogP contribution in [0.4, 0.5) is 0 Å². The Labute approximate surface area is 105 Å². The summed E-state index contributed by atoms with van der Waals surface area (Å²) >= 11 is 0. The number of likely N-dealkylation sites (N-methyl/N-ethyl adjacent to an activating group) is 1. The molecule has 0 aromatic carbocycles. The zero-order valence-corrected chi connectivity index (χ0v) is 11.6. The van der Waals surface area contributed by atoms with Gasteiger partial charge in [0, 0.05) is 32.2 Å². The molecular formula is C13H27N3O. The van der Waals surface area contributed by atoms with E-state index in [9.17, 15) is 4.79 Å². The van der Waals surface area contributed by atoms with Gasteiger partial charge in [-0.15, -0.1) is 0 Å². The van der Waals surface area contributed by atoms with Gasteiger partial charge in [-0.25, -0.2) is 0 Å². The smallest absolute Gasteiger partial charge is 0.227 e. The number of hydrogen-bond donors (Lipinski definition) is 1. The number of rotatable bonds is 4. The van der Waals surface area contributed by atoms with Crippen molar-refractivity contribution < 1.29 is 4.79 Å². The Balaban J connectivity index is 2.60. The lowest BCUT2D eigenvalue weighted by molar-refractivity contribution is -0.140. The van der Waals surface area contributed by atoms with Crippen molar-refractivity contribution in [2.24, 2.45) is 17.6 Å². The van der Waals surface area contributed by atoms with Crippen LogP contribution in [0.1, 0.15) is 27.2 Å². The van der Waals surface area contributed by atoms with Crippen LogP contribution < -0.4 is 5.73 Å². The van der Waals surface area contributed by atoms with Crippen molar-refractivity contribution in [3.05, 3.63) is 0 Å². The highest BCUT2D eigenvalue weighted by Crippen LogP contribution is 2.17. The van der Waals surface area contributed by atoms with Gasteiger partial charge in [-0.1, -0.05) is 13.8 Å². The summed E-state index contributed by atoms with van der Waals surface area (Å²) in [4.78, 5) is 16.7. The van der Waals surface area contributed by atoms with Crippen LogP contribution >= 0.6 is 0 Å². The van der Waals surface area contributed by atoms with Gasteiger partial charge in [0.15, 0.2) is 0 Å². The predicted molar refractivity (Wildman–Crippen MR) is 70.7 cm³/mol. The lowest BCUT2D eigenvalue weighted by Crippen LogP contribution is -2.55. The predicted octanol–water partition coefficient (Wildman–Crippen LogP) is 0.770. The van der Waals surface area contributed by atoms with E-state index in [0.29, 0.717) is 18.5 Å². The standard InChI is InChI=1S/C13H27N3O/c1-10(2)7-12(8-14)13(17)16-6-5-15(4)9-11(16)3/h10-12H,5-9,14H2,1-4H3. The number of nitrogens with two attached hydrogens (primary N) is 1. The molecule has 0 saturated carbocycles. The third kappa shape index (κ3) is 3.96. The highest BCUT2D eigenvalue weighted by Gasteiger charge is 2.30. The van der Waals surface area contributed by atoms with Crippen molar-refractivity contribution in [1.29, 1.82) is 0 Å². The molecule has 0 aliphatic carbocycles. The normalized spacial score (nSPS) is 24.1. The number of hydrogen-bond acceptors (Lipinski definition) is 3. The lowest BCUT2D eigenvalue weighted by atomic mass is 9.95. The highest BCUT2D eigenvalue weighted by atomic mass is 16.2. The van der Waals surface area contributed by atoms with Crippen molar-refractivity contribution in [2.45, 2.75) is 33.2 Å². The summed E-state index contributed by atoms with van der Waals surface area (Å²) in [5, 5.41) is 0. The third-order valence-corrected chi connectivity index (χ3v) is 3.50. The van der Waals surface area contributed by atoms with Crippen LogP contribution in [0.3, 0.4) is 0 Å². The SMILES string of the molecule is CC(C)CC(CN)C(=O)N1CCN(C)CC1C. The van der Waals surface area contributed by atoms with Crippen LogP contribution in [0.5, 0.6) is 0 Å². The Kier molecular flexibility index (Phi) is 5.40. The Morgan fingerprint density at radius 3 is 2.53 bits per heavy atom. The molecule has 1 amide bonds. The maximum absolute atomic E-state index is 12.4. The van der Waals surface area contributed by atoms with Crippen LogP contribution in [0.2, 0.25) is 0 Å². The van der Waals surface area contributed by atoms with Crippen LogP contribution in [-0.4, -0.2) is 55.0 Å². The van der Waals surface area contributed by atoms with E-state index in [1.165, 1.54) is 0 Å². The molecule has 2 N–H and O–H groups in total. The molecule has 1 aliphatic heterocycles. The molecular weight excluding hydrogens is 214 g/mol. The average molecular weight is 241 g/mol. The summed E-state index contributed by atoms with van der Waals surface area (Å²) in [5.74, 6) is 0.776. The van der Waals surface area contributed by atoms with Gasteiger partial charge in [-0.05, 0) is 26.3 Å². The van der Waals surface area contributed by atoms with E-state index in [1.807, 2.05) is 4.90 Å². The molecule has 0 aromatic rings. The quantitative estimate of drug-likeness (QED) is 0.791. The second-order valence-corrected chi connectivity index (χ2v) is 5.71. The van der Waals surface area contributed by atoms with Gasteiger partial charge in [-0.2, -0.15) is 0 Å². The number of carbonyl (C=O) groups is 1. The molecule has 0 bridgehead atoms. The van der Waals surface area contributed by atoms with Crippen LogP contribution in [0.15, 0.2) is 0 Å². The minimum absolute atomic E-state index is 0.000793. The summed E-state index contributed by atoms with van der Waals surface area (Å²) in [6.07, 6.45) is 0.897. The van der Waals surface area contributed by atoms with E-state index in [2.05, 4.69) is 32.7 Å². The fourth-order valence-electron chi connectivity index (χ4n) is 2.57. The molecule has 1 saturated heterocycles. The zero-order valence-electron chi connectivity index (χ0n) is 11.6. The molecule has 2 atom stereocenters. The largest absolute Gasteiger partial charge is 0.337 e. The van der Waals surface area contributed by atoms with Crippen LogP contribution in [0.25, 0.3) is 0 Å². The van der Waals surface area contributed by atoms with Crippen molar-refractivity contribution in [1.82, 2.24) is 9.80 Å². The molecule has 1 fully saturated rings. The van der Waals surface area contributed by atoms with Gasteiger partial charge in [0.05, 0.1) is 5.92 Å². The molecule has 0 radical (unpaired) electrons. The molecule has 100 valence electrons. The van der Waals surface area contributed by atoms with E-state index in [1.54, 1.807) is 0 Å². The molecule has 0 aromatic heterocycles. The first-order chi connectivity index (χ1) is 7.95. The second-order valence-electron chi connectivity index (χ2n) is 5.71. The summed E-state index contributed by atoms with van der Waals surface area (Å²) in [7, 11) is 2.10. The fraction of sp³-hybridized carbons (Fsp3) is 0.923. The molecule has 1 aliphatic rings. The first-order valence-electron chi connectivity index (χ1n) is 6.64. The average Bonchev–Trinajstić information content (AvgIpc) is 2.24. The number of carbonyl (C=O) groups excluding carboxylic acids is 1. The van der Waals surface area contributed by atoms with Gasteiger partial charge in [-0.3, -0.25) is 4.79 Å². The first-order valence-corrected chi connectivity index (χ1v) is 6.64. The number of nitrogens with zero attached hydrogens (tertiary/aromatic N) is 2. The van der Waals surface area contributed by atoms with E-state index >= 15 is 0 Å². The molecule has 1 heterocycles. The molecule has 0 spiro atoms. The first kappa shape index (κ1) is 14.5. The Bertz CT molecular complexity index is 255. The topological polar surface area (TPSA) is 49.6 Å². The van der Waals surface area contributed by atoms with Crippen molar-refractivity contribution in [2.75, 3.05) is 33.2 Å². The minimum Gasteiger partial charge on any atom is -0.337 e. The summed E-state index contributed by atoms with van der Waals surface area (Å²) in [6.45, 7) is 9.64. The van der Waals surface area contributed by atoms with Crippen molar-refractivity contribution in [3.8, 4) is 0 Å². The summed E-state index contributed by atoms with van der Waals surface area (Å²) < 4.78 is 0. The van der Waals surface area contributed by atoms with Crippen LogP contribution in [0, 0.1) is 11.8 Å². The van der Waals surface area contributed by atoms with Gasteiger partial charge < -0.3 is 15.5 Å². The molecule has 4 heteroatoms. The van der Waals surface area contributed by atoms with Crippen molar-refractivity contribution >= 4 is 5.91 Å². The summed E-state index contributed by atoms with van der Waals surface area (Å²) in [5.41, 5.74) is 5.74. The molecule has 4 nitrogen and oxygen atoms in total. The minimum atomic E-state index is 0.000793. The number of piperazine rings is 1. The van der Waals surface area contributed by atoms with Gasteiger partial charge in [0.1, 0.15) is 0 Å². The summed E-state index contributed by atoms with van der Waals surface area (Å²) in [6, 6.07) is 0.308. The Morgan fingerprint density at radius 2 is 2.06 bits per heavy atom. The van der Waals surface area contributed by atoms with E-state index in [0.717, 1.165) is 26.1 Å². The van der Waals surface area contributed by atoms with E-state index in [4.69, 9.17) is 5.73 Å². The lowest BCUT2D eigenvalue weighted by Gasteiger charge is -2.40. The fourth-order valence-corrected chi connectivity index (χ4v) is 2.57. The van der Waals surface area contributed by atoms with Gasteiger partial charge >= 0.3 is 0 Å². The monoisotopic (exact) mass is 241 g/mol. The van der Waals surface area contributed by atoms with Crippen LogP contribution in [-0.2, 0) is 4.79 Å². The van der Waals surface area contributed by atoms with E-state index in [-0.39, 0.29) is 11.8 Å². The maximum Gasteiger partial charge on any atom is 0.227 e. The second kappa shape index (κ2) is 6.36. The maximum atomic E-state index is 12.4. The number of amides is 1. The highest BCUT2D eigenvalue weighted by molar-refractivity contribution is 5.79. The van der Waals surface area contributed by atoms with Gasteiger partial charge in [0.2, 0.25) is 5.91 Å². The zero-order chi connectivity index (χ0) is 13.0. The third-order valence-electron chi connectivity index (χ3n) is 3.50. The van der Waals surface area contributed by atoms with Gasteiger partial charge in [0.25, 0.3) is 0 Å². The Morgan fingerprint density at radius 1 is 1.41 bits per heavy atom.